The molecule has 1 rings (SSSR count). The molecule has 0 aliphatic carbocycles. The predicted octanol–water partition coefficient (Wildman–Crippen LogP) is 2.07. The van der Waals surface area contributed by atoms with Crippen LogP contribution in [0.2, 0.25) is 0 Å². The molecule has 0 atom stereocenters. The summed E-state index contributed by atoms with van der Waals surface area (Å²) in [4.78, 5) is 11.8. The summed E-state index contributed by atoms with van der Waals surface area (Å²) in [7, 11) is 0. The van der Waals surface area contributed by atoms with Gasteiger partial charge < -0.3 is 20.5 Å². The summed E-state index contributed by atoms with van der Waals surface area (Å²) in [5, 5.41) is 3.21. The third-order valence-corrected chi connectivity index (χ3v) is 2.61. The van der Waals surface area contributed by atoms with E-state index in [1.54, 1.807) is 18.2 Å². The third kappa shape index (κ3) is 5.48. The molecular formula is C15H24N2O3. The molecule has 1 aromatic carbocycles. The Kier molecular flexibility index (Phi) is 6.87. The minimum atomic E-state index is -0.369. The molecule has 0 saturated heterocycles. The van der Waals surface area contributed by atoms with Crippen molar-refractivity contribution in [3.63, 3.8) is 0 Å². The van der Waals surface area contributed by atoms with Gasteiger partial charge in [0.1, 0.15) is 12.4 Å². The minimum absolute atomic E-state index is 0.346. The van der Waals surface area contributed by atoms with Gasteiger partial charge in [-0.1, -0.05) is 13.8 Å². The largest absolute Gasteiger partial charge is 0.492 e. The second-order valence-corrected chi connectivity index (χ2v) is 4.92. The van der Waals surface area contributed by atoms with Gasteiger partial charge in [0.2, 0.25) is 0 Å². The lowest BCUT2D eigenvalue weighted by atomic mass is 10.2. The van der Waals surface area contributed by atoms with E-state index in [0.29, 0.717) is 42.7 Å². The first-order chi connectivity index (χ1) is 9.54. The van der Waals surface area contributed by atoms with Gasteiger partial charge in [0, 0.05) is 6.54 Å². The van der Waals surface area contributed by atoms with Crippen molar-refractivity contribution in [1.82, 2.24) is 5.32 Å². The van der Waals surface area contributed by atoms with Crippen molar-refractivity contribution in [3.05, 3.63) is 23.8 Å². The van der Waals surface area contributed by atoms with E-state index in [0.717, 1.165) is 6.54 Å². The second kappa shape index (κ2) is 8.43. The monoisotopic (exact) mass is 280 g/mol. The molecule has 0 bridgehead atoms. The van der Waals surface area contributed by atoms with Crippen molar-refractivity contribution < 1.29 is 14.3 Å². The van der Waals surface area contributed by atoms with Crippen LogP contribution in [-0.4, -0.2) is 32.3 Å². The molecule has 0 amide bonds. The zero-order valence-corrected chi connectivity index (χ0v) is 12.4. The zero-order valence-electron chi connectivity index (χ0n) is 12.4. The lowest BCUT2D eigenvalue weighted by Gasteiger charge is -2.10. The van der Waals surface area contributed by atoms with Gasteiger partial charge in [-0.25, -0.2) is 4.79 Å². The number of anilines is 1. The molecule has 0 unspecified atom stereocenters. The van der Waals surface area contributed by atoms with Crippen molar-refractivity contribution in [3.8, 4) is 5.75 Å². The maximum Gasteiger partial charge on any atom is 0.338 e. The van der Waals surface area contributed by atoms with Gasteiger partial charge in [-0.2, -0.15) is 0 Å². The van der Waals surface area contributed by atoms with Crippen molar-refractivity contribution in [2.45, 2.75) is 20.8 Å². The number of esters is 1. The summed E-state index contributed by atoms with van der Waals surface area (Å²) in [5.74, 6) is 0.797. The lowest BCUT2D eigenvalue weighted by Crippen LogP contribution is -2.25. The van der Waals surface area contributed by atoms with Crippen molar-refractivity contribution >= 4 is 11.7 Å². The zero-order chi connectivity index (χ0) is 15.0. The first-order valence-electron chi connectivity index (χ1n) is 6.94. The van der Waals surface area contributed by atoms with Gasteiger partial charge in [0.25, 0.3) is 0 Å². The maximum absolute atomic E-state index is 11.8. The number of hydrogen-bond acceptors (Lipinski definition) is 5. The number of nitrogens with two attached hydrogens (primary N) is 1. The van der Waals surface area contributed by atoms with E-state index >= 15 is 0 Å². The van der Waals surface area contributed by atoms with Crippen molar-refractivity contribution in [1.29, 1.82) is 0 Å². The molecule has 0 fully saturated rings. The minimum Gasteiger partial charge on any atom is -0.492 e. The number of benzene rings is 1. The van der Waals surface area contributed by atoms with Crippen LogP contribution in [0.4, 0.5) is 5.69 Å². The molecule has 112 valence electrons. The molecule has 3 N–H and O–H groups in total. The molecule has 20 heavy (non-hydrogen) atoms. The number of nitrogen functional groups attached to an aromatic ring is 1. The average molecular weight is 280 g/mol. The third-order valence-electron chi connectivity index (χ3n) is 2.61. The lowest BCUT2D eigenvalue weighted by molar-refractivity contribution is 0.0508. The molecule has 5 heteroatoms. The number of hydrogen-bond donors (Lipinski definition) is 2. The summed E-state index contributed by atoms with van der Waals surface area (Å²) in [6, 6.07) is 4.92. The van der Waals surface area contributed by atoms with Crippen molar-refractivity contribution in [2.24, 2.45) is 5.92 Å². The normalized spacial score (nSPS) is 10.6. The number of ether oxygens (including phenoxy) is 2. The molecular weight excluding hydrogens is 256 g/mol. The van der Waals surface area contributed by atoms with Gasteiger partial charge in [0.05, 0.1) is 17.9 Å². The highest BCUT2D eigenvalue weighted by molar-refractivity contribution is 5.91. The number of carbonyl (C=O) groups excluding carboxylic acids is 1. The van der Waals surface area contributed by atoms with Crippen LogP contribution in [0.5, 0.6) is 5.75 Å². The van der Waals surface area contributed by atoms with Crippen LogP contribution < -0.4 is 15.8 Å². The van der Waals surface area contributed by atoms with E-state index in [9.17, 15) is 4.79 Å². The fraction of sp³-hybridized carbons (Fsp3) is 0.533. The average Bonchev–Trinajstić information content (AvgIpc) is 2.40. The van der Waals surface area contributed by atoms with E-state index in [1.165, 1.54) is 0 Å². The summed E-state index contributed by atoms with van der Waals surface area (Å²) >= 11 is 0. The Bertz CT molecular complexity index is 433. The Balaban J connectivity index is 2.41. The van der Waals surface area contributed by atoms with Crippen LogP contribution in [0.1, 0.15) is 31.1 Å². The van der Waals surface area contributed by atoms with Crippen LogP contribution in [0.3, 0.4) is 0 Å². The standard InChI is InChI=1S/C15H24N2O3/c1-4-19-14-6-5-12(9-13(14)16)15(18)20-8-7-17-10-11(2)3/h5-6,9,11,17H,4,7-8,10,16H2,1-3H3. The fourth-order valence-corrected chi connectivity index (χ4v) is 1.65. The molecule has 0 radical (unpaired) electrons. The van der Waals surface area contributed by atoms with E-state index in [2.05, 4.69) is 19.2 Å². The number of carbonyl (C=O) groups is 1. The molecule has 5 nitrogen and oxygen atoms in total. The molecule has 0 heterocycles. The first-order valence-corrected chi connectivity index (χ1v) is 6.94. The van der Waals surface area contributed by atoms with Gasteiger partial charge in [-0.05, 0) is 37.6 Å². The highest BCUT2D eigenvalue weighted by atomic mass is 16.5. The number of rotatable bonds is 8. The first kappa shape index (κ1) is 16.3. The molecule has 0 spiro atoms. The summed E-state index contributed by atoms with van der Waals surface area (Å²) in [5.41, 5.74) is 6.69. The van der Waals surface area contributed by atoms with Crippen LogP contribution in [0.25, 0.3) is 0 Å². The van der Waals surface area contributed by atoms with Crippen LogP contribution in [-0.2, 0) is 4.74 Å². The Hall–Kier alpha value is -1.75. The quantitative estimate of drug-likeness (QED) is 0.433. The molecule has 1 aromatic rings. The van der Waals surface area contributed by atoms with Crippen LogP contribution in [0.15, 0.2) is 18.2 Å². The van der Waals surface area contributed by atoms with E-state index < -0.39 is 0 Å². The summed E-state index contributed by atoms with van der Waals surface area (Å²) in [6.07, 6.45) is 0. The molecule has 0 aromatic heterocycles. The molecule has 0 aliphatic rings. The molecule has 0 saturated carbocycles. The Morgan fingerprint density at radius 1 is 1.40 bits per heavy atom. The Morgan fingerprint density at radius 2 is 2.15 bits per heavy atom. The predicted molar refractivity (Wildman–Crippen MR) is 80.0 cm³/mol. The Labute approximate surface area is 120 Å². The van der Waals surface area contributed by atoms with Crippen molar-refractivity contribution in [2.75, 3.05) is 32.0 Å². The van der Waals surface area contributed by atoms with Crippen LogP contribution >= 0.6 is 0 Å². The smallest absolute Gasteiger partial charge is 0.338 e. The number of nitrogens with one attached hydrogen (secondary N) is 1. The SMILES string of the molecule is CCOc1ccc(C(=O)OCCNCC(C)C)cc1N. The Morgan fingerprint density at radius 3 is 2.75 bits per heavy atom. The fourth-order valence-electron chi connectivity index (χ4n) is 1.65. The van der Waals surface area contributed by atoms with E-state index in [4.69, 9.17) is 15.2 Å². The summed E-state index contributed by atoms with van der Waals surface area (Å²) < 4.78 is 10.5. The van der Waals surface area contributed by atoms with E-state index in [-0.39, 0.29) is 5.97 Å². The highest BCUT2D eigenvalue weighted by Crippen LogP contribution is 2.22. The summed E-state index contributed by atoms with van der Waals surface area (Å²) in [6.45, 7) is 8.58. The van der Waals surface area contributed by atoms with Gasteiger partial charge in [0.15, 0.2) is 0 Å². The van der Waals surface area contributed by atoms with Gasteiger partial charge in [-0.3, -0.25) is 0 Å². The topological polar surface area (TPSA) is 73.6 Å². The van der Waals surface area contributed by atoms with Gasteiger partial charge >= 0.3 is 5.97 Å². The second-order valence-electron chi connectivity index (χ2n) is 4.92. The maximum atomic E-state index is 11.8. The molecule has 0 aliphatic heterocycles. The highest BCUT2D eigenvalue weighted by Gasteiger charge is 2.09. The van der Waals surface area contributed by atoms with Gasteiger partial charge in [-0.15, -0.1) is 0 Å². The van der Waals surface area contributed by atoms with E-state index in [1.807, 2.05) is 6.92 Å². The van der Waals surface area contributed by atoms with Crippen LogP contribution in [0, 0.1) is 5.92 Å².